The van der Waals surface area contributed by atoms with E-state index in [2.05, 4.69) is 10.4 Å². The second-order valence-electron chi connectivity index (χ2n) is 6.85. The fourth-order valence-electron chi connectivity index (χ4n) is 3.39. The molecule has 1 saturated heterocycles. The molecule has 130 valence electrons. The van der Waals surface area contributed by atoms with Gasteiger partial charge in [0, 0.05) is 37.9 Å². The summed E-state index contributed by atoms with van der Waals surface area (Å²) in [6.45, 7) is 1.06. The van der Waals surface area contributed by atoms with Gasteiger partial charge >= 0.3 is 0 Å². The highest BCUT2D eigenvalue weighted by Crippen LogP contribution is 2.31. The van der Waals surface area contributed by atoms with E-state index in [1.54, 1.807) is 10.9 Å². The van der Waals surface area contributed by atoms with Gasteiger partial charge < -0.3 is 10.2 Å². The van der Waals surface area contributed by atoms with E-state index in [1.807, 2.05) is 41.4 Å². The van der Waals surface area contributed by atoms with Crippen molar-refractivity contribution in [3.63, 3.8) is 0 Å². The van der Waals surface area contributed by atoms with Crippen molar-refractivity contribution in [1.29, 1.82) is 0 Å². The topological polar surface area (TPSA) is 67.2 Å². The lowest BCUT2D eigenvalue weighted by atomic mass is 9.96. The third-order valence-electron chi connectivity index (χ3n) is 4.95. The normalized spacial score (nSPS) is 20.6. The van der Waals surface area contributed by atoms with Gasteiger partial charge in [-0.05, 0) is 43.0 Å². The van der Waals surface area contributed by atoms with Crippen LogP contribution in [0.25, 0.3) is 5.69 Å². The summed E-state index contributed by atoms with van der Waals surface area (Å²) < 4.78 is 1.80. The predicted octanol–water partition coefficient (Wildman–Crippen LogP) is 1.89. The van der Waals surface area contributed by atoms with Gasteiger partial charge in [0.1, 0.15) is 0 Å². The molecule has 1 aliphatic heterocycles. The molecular formula is C19H22N4O2. The number of carbonyl (C=O) groups is 2. The molecule has 1 atom stereocenters. The zero-order valence-corrected chi connectivity index (χ0v) is 14.1. The molecule has 4 rings (SSSR count). The number of rotatable bonds is 5. The summed E-state index contributed by atoms with van der Waals surface area (Å²) in [5.74, 6) is 0.161. The van der Waals surface area contributed by atoms with Gasteiger partial charge in [0.15, 0.2) is 0 Å². The van der Waals surface area contributed by atoms with Crippen LogP contribution < -0.4 is 5.32 Å². The minimum atomic E-state index is -0.0902. The van der Waals surface area contributed by atoms with Crippen LogP contribution in [0.2, 0.25) is 0 Å². The number of hydrogen-bond donors (Lipinski definition) is 1. The number of likely N-dealkylation sites (tertiary alicyclic amines) is 1. The van der Waals surface area contributed by atoms with Crippen LogP contribution in [-0.4, -0.2) is 39.1 Å². The predicted molar refractivity (Wildman–Crippen MR) is 92.9 cm³/mol. The van der Waals surface area contributed by atoms with Gasteiger partial charge in [-0.1, -0.05) is 12.1 Å². The molecule has 0 unspecified atom stereocenters. The summed E-state index contributed by atoms with van der Waals surface area (Å²) in [6.07, 6.45) is 6.94. The Morgan fingerprint density at radius 2 is 2.12 bits per heavy atom. The van der Waals surface area contributed by atoms with Crippen LogP contribution in [0.15, 0.2) is 42.7 Å². The SMILES string of the molecule is O=C(NCc1cccc(-n2cccn2)c1)[C@H]1CCC(=O)N(C2CC2)C1. The molecule has 1 aromatic carbocycles. The van der Waals surface area contributed by atoms with Gasteiger partial charge in [-0.3, -0.25) is 9.59 Å². The van der Waals surface area contributed by atoms with Crippen LogP contribution in [0.3, 0.4) is 0 Å². The summed E-state index contributed by atoms with van der Waals surface area (Å²) in [5, 5.41) is 7.26. The Morgan fingerprint density at radius 1 is 1.24 bits per heavy atom. The summed E-state index contributed by atoms with van der Waals surface area (Å²) in [6, 6.07) is 10.2. The molecule has 6 nitrogen and oxygen atoms in total. The smallest absolute Gasteiger partial charge is 0.225 e. The third-order valence-corrected chi connectivity index (χ3v) is 4.95. The van der Waals surface area contributed by atoms with E-state index < -0.39 is 0 Å². The number of nitrogens with one attached hydrogen (secondary N) is 1. The Balaban J connectivity index is 1.36. The van der Waals surface area contributed by atoms with Crippen LogP contribution in [0, 0.1) is 5.92 Å². The lowest BCUT2D eigenvalue weighted by molar-refractivity contribution is -0.138. The molecule has 1 aromatic heterocycles. The molecule has 1 N–H and O–H groups in total. The lowest BCUT2D eigenvalue weighted by Crippen LogP contribution is -2.46. The Labute approximate surface area is 146 Å². The van der Waals surface area contributed by atoms with Crippen molar-refractivity contribution in [2.75, 3.05) is 6.54 Å². The van der Waals surface area contributed by atoms with E-state index in [9.17, 15) is 9.59 Å². The van der Waals surface area contributed by atoms with Gasteiger partial charge in [-0.15, -0.1) is 0 Å². The first-order valence-electron chi connectivity index (χ1n) is 8.87. The van der Waals surface area contributed by atoms with Crippen LogP contribution in [0.4, 0.5) is 0 Å². The molecule has 1 aliphatic carbocycles. The van der Waals surface area contributed by atoms with Crippen molar-refractivity contribution >= 4 is 11.8 Å². The fraction of sp³-hybridized carbons (Fsp3) is 0.421. The number of amides is 2. The first-order valence-corrected chi connectivity index (χ1v) is 8.87. The van der Waals surface area contributed by atoms with Gasteiger partial charge in [-0.2, -0.15) is 5.10 Å². The van der Waals surface area contributed by atoms with Crippen LogP contribution in [0.1, 0.15) is 31.2 Å². The van der Waals surface area contributed by atoms with Crippen molar-refractivity contribution in [2.45, 2.75) is 38.3 Å². The first kappa shape index (κ1) is 15.9. The maximum atomic E-state index is 12.5. The van der Waals surface area contributed by atoms with E-state index in [1.165, 1.54) is 0 Å². The molecule has 25 heavy (non-hydrogen) atoms. The lowest BCUT2D eigenvalue weighted by Gasteiger charge is -2.32. The zero-order valence-electron chi connectivity index (χ0n) is 14.1. The first-order chi connectivity index (χ1) is 12.2. The Morgan fingerprint density at radius 3 is 2.88 bits per heavy atom. The van der Waals surface area contributed by atoms with E-state index in [-0.39, 0.29) is 17.7 Å². The summed E-state index contributed by atoms with van der Waals surface area (Å²) in [7, 11) is 0. The third kappa shape index (κ3) is 3.57. The monoisotopic (exact) mass is 338 g/mol. The van der Waals surface area contributed by atoms with Gasteiger partial charge in [-0.25, -0.2) is 4.68 Å². The highest BCUT2D eigenvalue weighted by Gasteiger charge is 2.38. The molecule has 0 spiro atoms. The number of nitrogens with zero attached hydrogens (tertiary/aromatic N) is 3. The van der Waals surface area contributed by atoms with E-state index in [0.29, 0.717) is 32.0 Å². The molecule has 6 heteroatoms. The second-order valence-corrected chi connectivity index (χ2v) is 6.85. The Kier molecular flexibility index (Phi) is 4.26. The van der Waals surface area contributed by atoms with Gasteiger partial charge in [0.05, 0.1) is 11.6 Å². The molecule has 1 saturated carbocycles. The highest BCUT2D eigenvalue weighted by atomic mass is 16.2. The zero-order chi connectivity index (χ0) is 17.2. The van der Waals surface area contributed by atoms with Crippen molar-refractivity contribution in [3.05, 3.63) is 48.3 Å². The molecule has 2 aromatic rings. The molecule has 2 aliphatic rings. The van der Waals surface area contributed by atoms with E-state index >= 15 is 0 Å². The van der Waals surface area contributed by atoms with E-state index in [0.717, 1.165) is 24.1 Å². The minimum absolute atomic E-state index is 0.0441. The summed E-state index contributed by atoms with van der Waals surface area (Å²) >= 11 is 0. The molecule has 2 amide bonds. The van der Waals surface area contributed by atoms with Crippen molar-refractivity contribution < 1.29 is 9.59 Å². The maximum Gasteiger partial charge on any atom is 0.225 e. The van der Waals surface area contributed by atoms with Gasteiger partial charge in [0.2, 0.25) is 11.8 Å². The molecule has 2 fully saturated rings. The van der Waals surface area contributed by atoms with Gasteiger partial charge in [0.25, 0.3) is 0 Å². The number of piperidine rings is 1. The van der Waals surface area contributed by atoms with Crippen LogP contribution >= 0.6 is 0 Å². The summed E-state index contributed by atoms with van der Waals surface area (Å²) in [4.78, 5) is 26.4. The fourth-order valence-corrected chi connectivity index (χ4v) is 3.39. The van der Waals surface area contributed by atoms with Crippen molar-refractivity contribution in [1.82, 2.24) is 20.0 Å². The standard InChI is InChI=1S/C19H22N4O2/c24-18-8-5-15(13-22(18)16-6-7-16)19(25)20-12-14-3-1-4-17(11-14)23-10-2-9-21-23/h1-4,9-11,15-16H,5-8,12-13H2,(H,20,25)/t15-/m0/s1. The molecule has 2 heterocycles. The largest absolute Gasteiger partial charge is 0.352 e. The highest BCUT2D eigenvalue weighted by molar-refractivity contribution is 5.84. The van der Waals surface area contributed by atoms with Crippen LogP contribution in [0.5, 0.6) is 0 Å². The summed E-state index contributed by atoms with van der Waals surface area (Å²) in [5.41, 5.74) is 2.01. The maximum absolute atomic E-state index is 12.5. The molecule has 0 radical (unpaired) electrons. The van der Waals surface area contributed by atoms with E-state index in [4.69, 9.17) is 0 Å². The van der Waals surface area contributed by atoms with Crippen LogP contribution in [-0.2, 0) is 16.1 Å². The average molecular weight is 338 g/mol. The number of carbonyl (C=O) groups excluding carboxylic acids is 2. The Hall–Kier alpha value is -2.63. The number of benzene rings is 1. The molecule has 0 bridgehead atoms. The number of hydrogen-bond acceptors (Lipinski definition) is 3. The second kappa shape index (κ2) is 6.70. The Bertz CT molecular complexity index is 767. The molecular weight excluding hydrogens is 316 g/mol. The average Bonchev–Trinajstić information content (AvgIpc) is 3.33. The van der Waals surface area contributed by atoms with Crippen molar-refractivity contribution in [2.24, 2.45) is 5.92 Å². The quantitative estimate of drug-likeness (QED) is 0.905. The number of aromatic nitrogens is 2. The minimum Gasteiger partial charge on any atom is -0.352 e. The van der Waals surface area contributed by atoms with Crippen molar-refractivity contribution in [3.8, 4) is 5.69 Å².